The van der Waals surface area contributed by atoms with Crippen molar-refractivity contribution in [2.45, 2.75) is 19.9 Å². The monoisotopic (exact) mass is 355 g/mol. The zero-order valence-corrected chi connectivity index (χ0v) is 13.4. The fourth-order valence-corrected chi connectivity index (χ4v) is 2.55. The van der Waals surface area contributed by atoms with Gasteiger partial charge in [-0.15, -0.1) is 0 Å². The highest BCUT2D eigenvalue weighted by atomic mass is 79.9. The maximum Gasteiger partial charge on any atom is 0.134 e. The number of hydrogen-bond acceptors (Lipinski definition) is 2. The molecule has 0 bridgehead atoms. The first-order valence-corrected chi connectivity index (χ1v) is 7.37. The highest BCUT2D eigenvalue weighted by molar-refractivity contribution is 9.10. The summed E-state index contributed by atoms with van der Waals surface area (Å²) in [6.45, 7) is 3.86. The first kappa shape index (κ1) is 15.9. The molecule has 0 spiro atoms. The molecule has 2 nitrogen and oxygen atoms in total. The van der Waals surface area contributed by atoms with Crippen LogP contribution >= 0.6 is 15.9 Å². The molecule has 2 aromatic rings. The van der Waals surface area contributed by atoms with Gasteiger partial charge in [-0.3, -0.25) is 0 Å². The molecule has 112 valence electrons. The van der Waals surface area contributed by atoms with E-state index in [4.69, 9.17) is 10.5 Å². The lowest BCUT2D eigenvalue weighted by Crippen LogP contribution is -2.17. The first-order valence-electron chi connectivity index (χ1n) is 6.58. The minimum absolute atomic E-state index is 0.144. The van der Waals surface area contributed by atoms with Gasteiger partial charge in [0, 0.05) is 15.6 Å². The van der Waals surface area contributed by atoms with Crippen LogP contribution in [0.5, 0.6) is 5.75 Å². The average Bonchev–Trinajstić information content (AvgIpc) is 2.45. The summed E-state index contributed by atoms with van der Waals surface area (Å²) in [6.07, 6.45) is 0. The quantitative estimate of drug-likeness (QED) is 0.877. The second kappa shape index (κ2) is 6.54. The Bertz CT molecular complexity index is 661. The lowest BCUT2D eigenvalue weighted by atomic mass is 9.96. The molecule has 1 unspecified atom stereocenters. The van der Waals surface area contributed by atoms with Crippen molar-refractivity contribution in [3.63, 3.8) is 0 Å². The van der Waals surface area contributed by atoms with Crippen LogP contribution in [0.1, 0.15) is 29.7 Å². The zero-order valence-electron chi connectivity index (χ0n) is 11.8. The van der Waals surface area contributed by atoms with Crippen LogP contribution in [0.4, 0.5) is 8.78 Å². The molecule has 0 aliphatic rings. The van der Waals surface area contributed by atoms with E-state index >= 15 is 0 Å². The number of ether oxygens (including phenoxy) is 1. The predicted molar refractivity (Wildman–Crippen MR) is 82.4 cm³/mol. The van der Waals surface area contributed by atoms with Gasteiger partial charge in [-0.1, -0.05) is 22.0 Å². The summed E-state index contributed by atoms with van der Waals surface area (Å²) < 4.78 is 34.5. The Morgan fingerprint density at radius 1 is 1.24 bits per heavy atom. The Labute approximate surface area is 131 Å². The van der Waals surface area contributed by atoms with Gasteiger partial charge >= 0.3 is 0 Å². The number of halogens is 3. The molecular weight excluding hydrogens is 340 g/mol. The maximum absolute atomic E-state index is 14.2. The van der Waals surface area contributed by atoms with E-state index in [1.165, 1.54) is 12.1 Å². The van der Waals surface area contributed by atoms with Gasteiger partial charge in [-0.25, -0.2) is 8.78 Å². The molecule has 0 saturated carbocycles. The standard InChI is InChI=1S/C16H16BrF2NO/c1-3-21-13-7-5-10(17)8-11(13)16(20)14-12(18)6-4-9(2)15(14)19/h4-8,16H,3,20H2,1-2H3. The van der Waals surface area contributed by atoms with Gasteiger partial charge in [0.2, 0.25) is 0 Å². The van der Waals surface area contributed by atoms with Gasteiger partial charge in [0.1, 0.15) is 17.4 Å². The fraction of sp³-hybridized carbons (Fsp3) is 0.250. The number of benzene rings is 2. The van der Waals surface area contributed by atoms with Crippen LogP contribution in [-0.2, 0) is 0 Å². The van der Waals surface area contributed by atoms with E-state index < -0.39 is 17.7 Å². The minimum Gasteiger partial charge on any atom is -0.494 e. The van der Waals surface area contributed by atoms with Crippen LogP contribution in [0.2, 0.25) is 0 Å². The molecule has 1 atom stereocenters. The van der Waals surface area contributed by atoms with E-state index in [1.807, 2.05) is 6.92 Å². The minimum atomic E-state index is -0.941. The normalized spacial score (nSPS) is 12.3. The molecule has 2 aromatic carbocycles. The third kappa shape index (κ3) is 3.24. The van der Waals surface area contributed by atoms with E-state index in [9.17, 15) is 8.78 Å². The second-order valence-electron chi connectivity index (χ2n) is 4.68. The maximum atomic E-state index is 14.2. The summed E-state index contributed by atoms with van der Waals surface area (Å²) in [5.74, 6) is -0.758. The van der Waals surface area contributed by atoms with Gasteiger partial charge in [0.05, 0.1) is 12.6 Å². The Hall–Kier alpha value is -1.46. The molecular formula is C16H16BrF2NO. The van der Waals surface area contributed by atoms with Gasteiger partial charge in [0.25, 0.3) is 0 Å². The average molecular weight is 356 g/mol. The molecule has 5 heteroatoms. The third-order valence-electron chi connectivity index (χ3n) is 3.24. The second-order valence-corrected chi connectivity index (χ2v) is 5.60. The Kier molecular flexibility index (Phi) is 4.96. The van der Waals surface area contributed by atoms with Crippen LogP contribution in [0, 0.1) is 18.6 Å². The Morgan fingerprint density at radius 2 is 1.95 bits per heavy atom. The topological polar surface area (TPSA) is 35.2 Å². The summed E-state index contributed by atoms with van der Waals surface area (Å²) in [4.78, 5) is 0. The molecule has 2 N–H and O–H groups in total. The van der Waals surface area contributed by atoms with Crippen LogP contribution in [0.3, 0.4) is 0 Å². The van der Waals surface area contributed by atoms with E-state index in [2.05, 4.69) is 15.9 Å². The van der Waals surface area contributed by atoms with Crippen molar-refractivity contribution in [3.8, 4) is 5.75 Å². The van der Waals surface area contributed by atoms with Crippen molar-refractivity contribution in [2.24, 2.45) is 5.73 Å². The summed E-state index contributed by atoms with van der Waals surface area (Å²) in [5.41, 5.74) is 6.85. The van der Waals surface area contributed by atoms with Crippen molar-refractivity contribution in [1.82, 2.24) is 0 Å². The van der Waals surface area contributed by atoms with Crippen molar-refractivity contribution in [3.05, 3.63) is 63.1 Å². The SMILES string of the molecule is CCOc1ccc(Br)cc1C(N)c1c(F)ccc(C)c1F. The fourth-order valence-electron chi connectivity index (χ4n) is 2.17. The summed E-state index contributed by atoms with van der Waals surface area (Å²) in [7, 11) is 0. The first-order chi connectivity index (χ1) is 9.95. The molecule has 2 rings (SSSR count). The molecule has 0 heterocycles. The van der Waals surface area contributed by atoms with Gasteiger partial charge in [-0.05, 0) is 43.7 Å². The molecule has 21 heavy (non-hydrogen) atoms. The number of aryl methyl sites for hydroxylation is 1. The Balaban J connectivity index is 2.57. The number of rotatable bonds is 4. The molecule has 0 radical (unpaired) electrons. The van der Waals surface area contributed by atoms with Crippen LogP contribution in [-0.4, -0.2) is 6.61 Å². The van der Waals surface area contributed by atoms with Gasteiger partial charge in [-0.2, -0.15) is 0 Å². The number of nitrogens with two attached hydrogens (primary N) is 1. The zero-order chi connectivity index (χ0) is 15.6. The largest absolute Gasteiger partial charge is 0.494 e. The van der Waals surface area contributed by atoms with Gasteiger partial charge < -0.3 is 10.5 Å². The predicted octanol–water partition coefficient (Wildman–Crippen LogP) is 4.48. The van der Waals surface area contributed by atoms with Crippen molar-refractivity contribution in [2.75, 3.05) is 6.61 Å². The van der Waals surface area contributed by atoms with E-state index in [1.54, 1.807) is 25.1 Å². The van der Waals surface area contributed by atoms with Crippen molar-refractivity contribution < 1.29 is 13.5 Å². The molecule has 0 aromatic heterocycles. The molecule has 0 saturated heterocycles. The summed E-state index contributed by atoms with van der Waals surface area (Å²) in [5, 5.41) is 0. The van der Waals surface area contributed by atoms with Crippen LogP contribution in [0.25, 0.3) is 0 Å². The van der Waals surface area contributed by atoms with E-state index in [-0.39, 0.29) is 5.56 Å². The van der Waals surface area contributed by atoms with Crippen LogP contribution < -0.4 is 10.5 Å². The summed E-state index contributed by atoms with van der Waals surface area (Å²) in [6, 6.07) is 6.93. The molecule has 0 amide bonds. The number of hydrogen-bond donors (Lipinski definition) is 1. The highest BCUT2D eigenvalue weighted by Gasteiger charge is 2.23. The highest BCUT2D eigenvalue weighted by Crippen LogP contribution is 2.34. The lowest BCUT2D eigenvalue weighted by molar-refractivity contribution is 0.335. The smallest absolute Gasteiger partial charge is 0.134 e. The van der Waals surface area contributed by atoms with Crippen molar-refractivity contribution in [1.29, 1.82) is 0 Å². The van der Waals surface area contributed by atoms with Crippen molar-refractivity contribution >= 4 is 15.9 Å². The molecule has 0 aliphatic carbocycles. The van der Waals surface area contributed by atoms with E-state index in [0.717, 1.165) is 4.47 Å². The van der Waals surface area contributed by atoms with Crippen LogP contribution in [0.15, 0.2) is 34.8 Å². The van der Waals surface area contributed by atoms with Gasteiger partial charge in [0.15, 0.2) is 0 Å². The Morgan fingerprint density at radius 3 is 2.62 bits per heavy atom. The molecule has 0 fully saturated rings. The lowest BCUT2D eigenvalue weighted by Gasteiger charge is -2.19. The van der Waals surface area contributed by atoms with E-state index in [0.29, 0.717) is 23.5 Å². The summed E-state index contributed by atoms with van der Waals surface area (Å²) >= 11 is 3.34. The molecule has 0 aliphatic heterocycles. The third-order valence-corrected chi connectivity index (χ3v) is 3.73.